The van der Waals surface area contributed by atoms with E-state index in [0.29, 0.717) is 0 Å². The molecule has 0 spiro atoms. The van der Waals surface area contributed by atoms with Crippen LogP contribution in [-0.4, -0.2) is 13.2 Å². The molecule has 0 radical (unpaired) electrons. The van der Waals surface area contributed by atoms with Gasteiger partial charge in [0.05, 0.1) is 12.7 Å². The molecule has 0 amide bonds. The summed E-state index contributed by atoms with van der Waals surface area (Å²) in [6.45, 7) is 8.25. The molecule has 3 aromatic carbocycles. The highest BCUT2D eigenvalue weighted by molar-refractivity contribution is 5.83. The van der Waals surface area contributed by atoms with Crippen molar-refractivity contribution in [1.29, 1.82) is 0 Å². The van der Waals surface area contributed by atoms with Crippen LogP contribution >= 0.6 is 0 Å². The van der Waals surface area contributed by atoms with Crippen molar-refractivity contribution in [2.45, 2.75) is 78.2 Å². The summed E-state index contributed by atoms with van der Waals surface area (Å²) in [5.74, 6) is 0.950. The predicted molar refractivity (Wildman–Crippen MR) is 145 cm³/mol. The lowest BCUT2D eigenvalue weighted by Gasteiger charge is -2.15. The molecule has 3 rings (SSSR count). The third-order valence-electron chi connectivity index (χ3n) is 6.42. The van der Waals surface area contributed by atoms with Gasteiger partial charge in [-0.15, -0.1) is 0 Å². The molecule has 1 atom stereocenters. The average Bonchev–Trinajstić information content (AvgIpc) is 2.89. The van der Waals surface area contributed by atoms with E-state index in [1.54, 1.807) is 0 Å². The van der Waals surface area contributed by atoms with E-state index in [1.165, 1.54) is 66.3 Å². The van der Waals surface area contributed by atoms with E-state index in [0.717, 1.165) is 31.8 Å². The largest absolute Gasteiger partial charge is 0.494 e. The fourth-order valence-electron chi connectivity index (χ4n) is 4.26. The number of rotatable bonds is 15. The highest BCUT2D eigenvalue weighted by atomic mass is 16.5. The minimum absolute atomic E-state index is 0.125. The monoisotopic (exact) mass is 458 g/mol. The van der Waals surface area contributed by atoms with E-state index in [2.05, 4.69) is 93.6 Å². The van der Waals surface area contributed by atoms with Crippen molar-refractivity contribution in [2.75, 3.05) is 13.2 Å². The lowest BCUT2D eigenvalue weighted by molar-refractivity contribution is 0.0628. The first-order valence-corrected chi connectivity index (χ1v) is 13.3. The van der Waals surface area contributed by atoms with Gasteiger partial charge in [-0.3, -0.25) is 0 Å². The zero-order valence-corrected chi connectivity index (χ0v) is 21.4. The van der Waals surface area contributed by atoms with Crippen LogP contribution in [0.2, 0.25) is 0 Å². The highest BCUT2D eigenvalue weighted by Crippen LogP contribution is 2.33. The summed E-state index contributed by atoms with van der Waals surface area (Å²) >= 11 is 0. The van der Waals surface area contributed by atoms with Gasteiger partial charge in [0, 0.05) is 6.61 Å². The second-order valence-corrected chi connectivity index (χ2v) is 9.17. The molecular formula is C32H42O2. The summed E-state index contributed by atoms with van der Waals surface area (Å²) < 4.78 is 12.0. The van der Waals surface area contributed by atoms with E-state index >= 15 is 0 Å². The van der Waals surface area contributed by atoms with E-state index in [4.69, 9.17) is 9.47 Å². The maximum Gasteiger partial charge on any atom is 0.119 e. The van der Waals surface area contributed by atoms with Crippen LogP contribution in [0.3, 0.4) is 0 Å². The maximum atomic E-state index is 6.06. The zero-order valence-electron chi connectivity index (χ0n) is 21.4. The van der Waals surface area contributed by atoms with Crippen molar-refractivity contribution in [3.8, 4) is 28.0 Å². The summed E-state index contributed by atoms with van der Waals surface area (Å²) in [5.41, 5.74) is 6.16. The molecule has 0 fully saturated rings. The highest BCUT2D eigenvalue weighted by Gasteiger charge is 2.10. The Morgan fingerprint density at radius 3 is 1.68 bits per heavy atom. The molecule has 0 aliphatic rings. The lowest BCUT2D eigenvalue weighted by atomic mass is 9.94. The van der Waals surface area contributed by atoms with Crippen molar-refractivity contribution in [3.05, 3.63) is 78.4 Å². The predicted octanol–water partition coefficient (Wildman–Crippen LogP) is 9.64. The quantitative estimate of drug-likeness (QED) is 0.211. The maximum absolute atomic E-state index is 6.06. The van der Waals surface area contributed by atoms with Crippen LogP contribution in [0, 0.1) is 0 Å². The van der Waals surface area contributed by atoms with E-state index < -0.39 is 0 Å². The molecule has 0 aliphatic carbocycles. The Hall–Kier alpha value is -2.58. The summed E-state index contributed by atoms with van der Waals surface area (Å²) in [4.78, 5) is 0. The number of unbranched alkanes of at least 4 members (excludes halogenated alkanes) is 6. The van der Waals surface area contributed by atoms with Gasteiger partial charge in [0.2, 0.25) is 0 Å². The number of hydrogen-bond donors (Lipinski definition) is 0. The molecule has 0 heterocycles. The Kier molecular flexibility index (Phi) is 11.2. The molecule has 34 heavy (non-hydrogen) atoms. The van der Waals surface area contributed by atoms with Crippen LogP contribution in [0.1, 0.15) is 83.8 Å². The topological polar surface area (TPSA) is 18.5 Å². The Bertz CT molecular complexity index is 944. The third kappa shape index (κ3) is 8.02. The van der Waals surface area contributed by atoms with Crippen LogP contribution < -0.4 is 4.74 Å². The Morgan fingerprint density at radius 1 is 0.588 bits per heavy atom. The Labute approximate surface area is 207 Å². The first kappa shape index (κ1) is 26.0. The second kappa shape index (κ2) is 14.6. The summed E-state index contributed by atoms with van der Waals surface area (Å²) in [5, 5.41) is 0. The Morgan fingerprint density at radius 2 is 1.12 bits per heavy atom. The van der Waals surface area contributed by atoms with Gasteiger partial charge in [0.15, 0.2) is 0 Å². The normalized spacial score (nSPS) is 12.0. The molecule has 0 saturated carbocycles. The molecule has 2 nitrogen and oxygen atoms in total. The zero-order chi connectivity index (χ0) is 24.0. The fourth-order valence-corrected chi connectivity index (χ4v) is 4.26. The van der Waals surface area contributed by atoms with Gasteiger partial charge in [-0.25, -0.2) is 0 Å². The Balaban J connectivity index is 1.63. The van der Waals surface area contributed by atoms with Crippen LogP contribution in [-0.2, 0) is 4.74 Å². The summed E-state index contributed by atoms with van der Waals surface area (Å²) in [6.07, 6.45) is 9.98. The minimum Gasteiger partial charge on any atom is -0.494 e. The fraction of sp³-hybridized carbons (Fsp3) is 0.438. The van der Waals surface area contributed by atoms with Gasteiger partial charge in [0.25, 0.3) is 0 Å². The van der Waals surface area contributed by atoms with Gasteiger partial charge in [-0.2, -0.15) is 0 Å². The molecular weight excluding hydrogens is 416 g/mol. The molecule has 0 bridgehead atoms. The third-order valence-corrected chi connectivity index (χ3v) is 6.42. The molecule has 1 unspecified atom stereocenters. The van der Waals surface area contributed by atoms with E-state index in [9.17, 15) is 0 Å². The van der Waals surface area contributed by atoms with Crippen LogP contribution in [0.4, 0.5) is 0 Å². The first-order chi connectivity index (χ1) is 16.7. The van der Waals surface area contributed by atoms with Crippen LogP contribution in [0.15, 0.2) is 72.8 Å². The molecule has 0 saturated heterocycles. The van der Waals surface area contributed by atoms with Crippen molar-refractivity contribution >= 4 is 0 Å². The van der Waals surface area contributed by atoms with Crippen LogP contribution in [0.5, 0.6) is 5.75 Å². The van der Waals surface area contributed by atoms with Crippen molar-refractivity contribution in [1.82, 2.24) is 0 Å². The molecule has 0 aromatic heterocycles. The summed E-state index contributed by atoms with van der Waals surface area (Å²) in [6, 6.07) is 26.0. The first-order valence-electron chi connectivity index (χ1n) is 13.3. The molecule has 0 N–H and O–H groups in total. The van der Waals surface area contributed by atoms with Crippen molar-refractivity contribution < 1.29 is 9.47 Å². The smallest absolute Gasteiger partial charge is 0.119 e. The van der Waals surface area contributed by atoms with Crippen molar-refractivity contribution in [3.63, 3.8) is 0 Å². The number of benzene rings is 3. The standard InChI is InChI=1S/C32H42O2/c1-4-6-8-12-24-33-26(3)27-16-18-28(19-17-27)31-14-10-11-15-32(31)29-20-22-30(23-21-29)34-25-13-9-7-5-2/h10-11,14-23,26H,4-9,12-13,24-25H2,1-3H3. The number of ether oxygens (including phenoxy) is 2. The van der Waals surface area contributed by atoms with Gasteiger partial charge < -0.3 is 9.47 Å². The molecule has 0 aliphatic heterocycles. The van der Waals surface area contributed by atoms with Gasteiger partial charge in [0.1, 0.15) is 5.75 Å². The van der Waals surface area contributed by atoms with Gasteiger partial charge >= 0.3 is 0 Å². The second-order valence-electron chi connectivity index (χ2n) is 9.17. The molecule has 182 valence electrons. The number of hydrogen-bond acceptors (Lipinski definition) is 2. The summed E-state index contributed by atoms with van der Waals surface area (Å²) in [7, 11) is 0. The van der Waals surface area contributed by atoms with E-state index in [-0.39, 0.29) is 6.10 Å². The van der Waals surface area contributed by atoms with Crippen molar-refractivity contribution in [2.24, 2.45) is 0 Å². The van der Waals surface area contributed by atoms with Crippen LogP contribution in [0.25, 0.3) is 22.3 Å². The minimum atomic E-state index is 0.125. The average molecular weight is 459 g/mol. The molecule has 2 heteroatoms. The van der Waals surface area contributed by atoms with E-state index in [1.807, 2.05) is 0 Å². The van der Waals surface area contributed by atoms with Gasteiger partial charge in [-0.05, 0) is 59.7 Å². The lowest BCUT2D eigenvalue weighted by Crippen LogP contribution is -2.01. The molecule has 3 aromatic rings. The SMILES string of the molecule is CCCCCCOc1ccc(-c2ccccc2-c2ccc(C(C)OCCCCCC)cc2)cc1. The van der Waals surface area contributed by atoms with Gasteiger partial charge in [-0.1, -0.05) is 113 Å².